The summed E-state index contributed by atoms with van der Waals surface area (Å²) in [6, 6.07) is 24.4. The van der Waals surface area contributed by atoms with Crippen molar-refractivity contribution < 1.29 is 14.6 Å². The molecular formula is C24H19ClN2O3. The number of benzene rings is 3. The van der Waals surface area contributed by atoms with Crippen molar-refractivity contribution in [1.29, 1.82) is 0 Å². The summed E-state index contributed by atoms with van der Waals surface area (Å²) in [4.78, 5) is 16.6. The highest BCUT2D eigenvalue weighted by Crippen LogP contribution is 2.35. The monoisotopic (exact) mass is 418 g/mol. The number of aromatic carboxylic acids is 1. The zero-order chi connectivity index (χ0) is 21.1. The summed E-state index contributed by atoms with van der Waals surface area (Å²) in [5.74, 6) is 0.222. The van der Waals surface area contributed by atoms with Crippen molar-refractivity contribution in [2.75, 3.05) is 7.11 Å². The fraction of sp³-hybridized carbons (Fsp3) is 0.0833. The smallest absolute Gasteiger partial charge is 0.356 e. The molecule has 0 saturated heterocycles. The molecule has 4 rings (SSSR count). The van der Waals surface area contributed by atoms with E-state index in [-0.39, 0.29) is 5.69 Å². The number of carboxylic acids is 1. The summed E-state index contributed by atoms with van der Waals surface area (Å²) in [6.07, 6.45) is 0. The van der Waals surface area contributed by atoms with Crippen LogP contribution < -0.4 is 4.74 Å². The van der Waals surface area contributed by atoms with Gasteiger partial charge in [0.05, 0.1) is 12.8 Å². The summed E-state index contributed by atoms with van der Waals surface area (Å²) >= 11 is 6.45. The van der Waals surface area contributed by atoms with Crippen LogP contribution in [0.1, 0.15) is 16.1 Å². The fourth-order valence-electron chi connectivity index (χ4n) is 3.40. The topological polar surface area (TPSA) is 64.4 Å². The molecule has 0 amide bonds. The van der Waals surface area contributed by atoms with Crippen LogP contribution in [-0.2, 0) is 6.54 Å². The van der Waals surface area contributed by atoms with E-state index in [9.17, 15) is 9.90 Å². The van der Waals surface area contributed by atoms with Gasteiger partial charge in [-0.15, -0.1) is 0 Å². The molecule has 1 heterocycles. The predicted molar refractivity (Wildman–Crippen MR) is 117 cm³/mol. The Morgan fingerprint density at radius 3 is 2.30 bits per heavy atom. The van der Waals surface area contributed by atoms with E-state index in [0.29, 0.717) is 28.6 Å². The highest BCUT2D eigenvalue weighted by atomic mass is 35.5. The number of rotatable bonds is 6. The molecule has 150 valence electrons. The van der Waals surface area contributed by atoms with Crippen molar-refractivity contribution in [2.24, 2.45) is 0 Å². The van der Waals surface area contributed by atoms with Gasteiger partial charge in [0.2, 0.25) is 0 Å². The van der Waals surface area contributed by atoms with Crippen molar-refractivity contribution in [1.82, 2.24) is 9.55 Å². The standard InChI is InChI=1S/C24H19ClN2O3/c1-30-18-13-11-16(12-14-18)15-27-22(19-9-5-6-10-20(19)25)21(24(28)29)26-23(27)17-7-3-2-4-8-17/h2-14H,15H2,1H3,(H,28,29). The van der Waals surface area contributed by atoms with Gasteiger partial charge < -0.3 is 14.4 Å². The number of ether oxygens (including phenoxy) is 1. The molecule has 0 radical (unpaired) electrons. The van der Waals surface area contributed by atoms with Crippen molar-refractivity contribution >= 4 is 17.6 Å². The third kappa shape index (κ3) is 3.80. The molecule has 1 N–H and O–H groups in total. The van der Waals surface area contributed by atoms with Crippen LogP contribution in [0.15, 0.2) is 78.9 Å². The number of imidazole rings is 1. The minimum absolute atomic E-state index is 0.0320. The van der Waals surface area contributed by atoms with Crippen LogP contribution in [0, 0.1) is 0 Å². The molecule has 0 aliphatic rings. The summed E-state index contributed by atoms with van der Waals surface area (Å²) in [6.45, 7) is 0.426. The van der Waals surface area contributed by atoms with E-state index < -0.39 is 5.97 Å². The first kappa shape index (κ1) is 19.7. The molecule has 0 spiro atoms. The zero-order valence-electron chi connectivity index (χ0n) is 16.2. The summed E-state index contributed by atoms with van der Waals surface area (Å²) < 4.78 is 7.15. The van der Waals surface area contributed by atoms with E-state index in [1.54, 1.807) is 13.2 Å². The maximum atomic E-state index is 12.1. The molecule has 30 heavy (non-hydrogen) atoms. The van der Waals surface area contributed by atoms with E-state index in [4.69, 9.17) is 16.3 Å². The molecular weight excluding hydrogens is 400 g/mol. The molecule has 0 aliphatic heterocycles. The first-order valence-electron chi connectivity index (χ1n) is 9.35. The SMILES string of the molecule is COc1ccc(Cn2c(-c3ccccc3)nc(C(=O)O)c2-c2ccccc2Cl)cc1. The fourth-order valence-corrected chi connectivity index (χ4v) is 3.63. The number of halogens is 1. The highest BCUT2D eigenvalue weighted by Gasteiger charge is 2.25. The number of aromatic nitrogens is 2. The van der Waals surface area contributed by atoms with Gasteiger partial charge in [-0.2, -0.15) is 0 Å². The molecule has 0 unspecified atom stereocenters. The Morgan fingerprint density at radius 1 is 1.00 bits per heavy atom. The van der Waals surface area contributed by atoms with Crippen LogP contribution in [0.25, 0.3) is 22.6 Å². The van der Waals surface area contributed by atoms with E-state index in [2.05, 4.69) is 4.98 Å². The van der Waals surface area contributed by atoms with E-state index >= 15 is 0 Å². The number of nitrogens with zero attached hydrogens (tertiary/aromatic N) is 2. The number of carboxylic acid groups (broad SMARTS) is 1. The Balaban J connectivity index is 1.96. The van der Waals surface area contributed by atoms with Crippen LogP contribution in [0.4, 0.5) is 0 Å². The molecule has 0 atom stereocenters. The lowest BCUT2D eigenvalue weighted by Gasteiger charge is -2.14. The lowest BCUT2D eigenvalue weighted by molar-refractivity contribution is 0.0692. The van der Waals surface area contributed by atoms with Crippen molar-refractivity contribution in [3.63, 3.8) is 0 Å². The lowest BCUT2D eigenvalue weighted by Crippen LogP contribution is -2.06. The van der Waals surface area contributed by atoms with Crippen LogP contribution in [0.5, 0.6) is 5.75 Å². The van der Waals surface area contributed by atoms with Gasteiger partial charge in [0, 0.05) is 22.7 Å². The zero-order valence-corrected chi connectivity index (χ0v) is 17.0. The number of hydrogen-bond donors (Lipinski definition) is 1. The predicted octanol–water partition coefficient (Wildman–Crippen LogP) is 5.63. The highest BCUT2D eigenvalue weighted by molar-refractivity contribution is 6.33. The van der Waals surface area contributed by atoms with Gasteiger partial charge in [-0.25, -0.2) is 9.78 Å². The summed E-state index contributed by atoms with van der Waals surface area (Å²) in [7, 11) is 1.62. The molecule has 5 nitrogen and oxygen atoms in total. The maximum Gasteiger partial charge on any atom is 0.356 e. The molecule has 0 aliphatic carbocycles. The number of methoxy groups -OCH3 is 1. The first-order valence-corrected chi connectivity index (χ1v) is 9.73. The van der Waals surface area contributed by atoms with E-state index in [0.717, 1.165) is 16.9 Å². The van der Waals surface area contributed by atoms with Gasteiger partial charge in [-0.1, -0.05) is 72.3 Å². The van der Waals surface area contributed by atoms with Gasteiger partial charge in [0.25, 0.3) is 0 Å². The van der Waals surface area contributed by atoms with Crippen molar-refractivity contribution in [2.45, 2.75) is 6.54 Å². The van der Waals surface area contributed by atoms with Crippen LogP contribution in [0.2, 0.25) is 5.02 Å². The number of carbonyl (C=O) groups is 1. The Morgan fingerprint density at radius 2 is 1.67 bits per heavy atom. The maximum absolute atomic E-state index is 12.1. The van der Waals surface area contributed by atoms with Gasteiger partial charge in [-0.3, -0.25) is 0 Å². The summed E-state index contributed by atoms with van der Waals surface area (Å²) in [5, 5.41) is 10.4. The molecule has 0 saturated carbocycles. The molecule has 3 aromatic carbocycles. The number of hydrogen-bond acceptors (Lipinski definition) is 3. The second kappa shape index (κ2) is 8.43. The minimum Gasteiger partial charge on any atom is -0.497 e. The Labute approximate surface area is 179 Å². The largest absolute Gasteiger partial charge is 0.497 e. The molecule has 0 fully saturated rings. The Kier molecular flexibility index (Phi) is 5.55. The lowest BCUT2D eigenvalue weighted by atomic mass is 10.1. The average molecular weight is 419 g/mol. The molecule has 1 aromatic heterocycles. The minimum atomic E-state index is -1.10. The van der Waals surface area contributed by atoms with Crippen molar-refractivity contribution in [3.8, 4) is 28.4 Å². The van der Waals surface area contributed by atoms with Gasteiger partial charge in [0.15, 0.2) is 5.69 Å². The second-order valence-corrected chi connectivity index (χ2v) is 7.13. The summed E-state index contributed by atoms with van der Waals surface area (Å²) in [5.41, 5.74) is 2.88. The average Bonchev–Trinajstić information content (AvgIpc) is 3.14. The van der Waals surface area contributed by atoms with E-state index in [1.807, 2.05) is 77.4 Å². The quantitative estimate of drug-likeness (QED) is 0.441. The normalized spacial score (nSPS) is 10.7. The van der Waals surface area contributed by atoms with Crippen LogP contribution in [-0.4, -0.2) is 27.7 Å². The third-order valence-electron chi connectivity index (χ3n) is 4.83. The van der Waals surface area contributed by atoms with E-state index in [1.165, 1.54) is 0 Å². The molecule has 0 bridgehead atoms. The van der Waals surface area contributed by atoms with Gasteiger partial charge >= 0.3 is 5.97 Å². The molecule has 4 aromatic rings. The Bertz CT molecular complexity index is 1190. The van der Waals surface area contributed by atoms with Crippen molar-refractivity contribution in [3.05, 3.63) is 95.1 Å². The first-order chi connectivity index (χ1) is 14.6. The second-order valence-electron chi connectivity index (χ2n) is 6.72. The van der Waals surface area contributed by atoms with Gasteiger partial charge in [-0.05, 0) is 23.8 Å². The van der Waals surface area contributed by atoms with Gasteiger partial charge in [0.1, 0.15) is 11.6 Å². The molecule has 6 heteroatoms. The third-order valence-corrected chi connectivity index (χ3v) is 5.16. The van der Waals surface area contributed by atoms with Crippen LogP contribution >= 0.6 is 11.6 Å². The van der Waals surface area contributed by atoms with Crippen LogP contribution in [0.3, 0.4) is 0 Å². The Hall–Kier alpha value is -3.57.